The van der Waals surface area contributed by atoms with Gasteiger partial charge in [0.2, 0.25) is 5.91 Å². The van der Waals surface area contributed by atoms with Crippen molar-refractivity contribution < 1.29 is 55.2 Å². The first-order chi connectivity index (χ1) is 31.4. The molecule has 0 heterocycles. The molecule has 0 unspecified atom stereocenters. The van der Waals surface area contributed by atoms with Gasteiger partial charge in [-0.15, -0.1) is 5.11 Å². The molecule has 20 heteroatoms. The molecule has 0 aromatic heterocycles. The molecule has 6 N–H and O–H groups in total. The van der Waals surface area contributed by atoms with E-state index in [4.69, 9.17) is 9.47 Å². The van der Waals surface area contributed by atoms with E-state index in [1.54, 1.807) is 24.3 Å². The number of hydrogen-bond acceptors (Lipinski definition) is 12. The van der Waals surface area contributed by atoms with Gasteiger partial charge in [-0.05, 0) is 102 Å². The first-order valence-corrected chi connectivity index (χ1v) is 24.4. The molecule has 0 radical (unpaired) electrons. The minimum absolute atomic E-state index is 0. The van der Waals surface area contributed by atoms with Gasteiger partial charge < -0.3 is 30.3 Å². The Kier molecular flexibility index (Phi) is 19.1. The monoisotopic (exact) mass is 1000 g/mol. The average Bonchev–Trinajstić information content (AvgIpc) is 3.27. The van der Waals surface area contributed by atoms with Crippen molar-refractivity contribution in [1.82, 2.24) is 5.32 Å². The third-order valence-electron chi connectivity index (χ3n) is 11.9. The van der Waals surface area contributed by atoms with Crippen molar-refractivity contribution >= 4 is 130 Å². The second kappa shape index (κ2) is 23.1. The van der Waals surface area contributed by atoms with Gasteiger partial charge in [-0.25, -0.2) is 0 Å². The third-order valence-corrected chi connectivity index (χ3v) is 13.6. The van der Waals surface area contributed by atoms with Crippen LogP contribution < -0.4 is 20.1 Å². The Labute approximate surface area is 446 Å². The minimum atomic E-state index is -5.12. The Morgan fingerprint density at radius 1 is 0.725 bits per heavy atom. The standard InChI is InChI=1S/C49H54N4O12S2.2Na.2H/c1-8-48(4,5)31-16-21-40(38(26-31)49(6,7)9-2)64-23-13-12-22-50-47(57)37-28-41(35-14-10-11-15-36(35)45(37)55)65-33-19-17-32(18-20-33)52-53-44-42(67(61,62)63)25-30-24-34(66(58,59)60)27-39(51-29(3)54)43(30)46(44)56;;;;/h10-11,14-21,24-28,55-56H,8-9,12-13,22-23H2,1-7H3,(H,50,57)(H,51,54)(H,58,59,60)(H,61,62,63);;;;/b53-52+;;;;. The van der Waals surface area contributed by atoms with Gasteiger partial charge >= 0.3 is 59.1 Å². The van der Waals surface area contributed by atoms with Crippen molar-refractivity contribution in [2.24, 2.45) is 10.2 Å². The molecule has 0 saturated heterocycles. The normalized spacial score (nSPS) is 12.1. The summed E-state index contributed by atoms with van der Waals surface area (Å²) in [4.78, 5) is 23.8. The fourth-order valence-corrected chi connectivity index (χ4v) is 8.50. The van der Waals surface area contributed by atoms with Crippen LogP contribution in [0.25, 0.3) is 21.5 Å². The van der Waals surface area contributed by atoms with E-state index in [-0.39, 0.29) is 115 Å². The summed E-state index contributed by atoms with van der Waals surface area (Å²) in [5, 5.41) is 36.0. The first kappa shape index (κ1) is 57.0. The molecule has 6 rings (SSSR count). The fourth-order valence-electron chi connectivity index (χ4n) is 7.30. The first-order valence-electron chi connectivity index (χ1n) is 21.5. The van der Waals surface area contributed by atoms with Gasteiger partial charge in [0.25, 0.3) is 26.1 Å². The molecule has 0 saturated carbocycles. The molecular weight excluding hydrogens is 947 g/mol. The summed E-state index contributed by atoms with van der Waals surface area (Å²) in [6.07, 6.45) is 3.26. The number of fused-ring (bicyclic) bond motifs is 2. The molecule has 2 amide bonds. The number of amides is 2. The summed E-state index contributed by atoms with van der Waals surface area (Å²) in [5.74, 6) is -0.907. The maximum absolute atomic E-state index is 13.5. The van der Waals surface area contributed by atoms with Gasteiger partial charge in [0, 0.05) is 35.2 Å². The van der Waals surface area contributed by atoms with Crippen LogP contribution in [0.3, 0.4) is 0 Å². The zero-order valence-corrected chi connectivity index (χ0v) is 39.8. The Hall–Kier alpha value is -4.60. The van der Waals surface area contributed by atoms with E-state index in [1.807, 2.05) is 0 Å². The van der Waals surface area contributed by atoms with E-state index in [2.05, 4.69) is 80.6 Å². The Morgan fingerprint density at radius 2 is 1.38 bits per heavy atom. The number of hydrogen-bond donors (Lipinski definition) is 6. The summed E-state index contributed by atoms with van der Waals surface area (Å²) in [6, 6.07) is 23.2. The zero-order chi connectivity index (χ0) is 49.1. The van der Waals surface area contributed by atoms with Crippen molar-refractivity contribution in [1.29, 1.82) is 0 Å². The third kappa shape index (κ3) is 13.4. The summed E-state index contributed by atoms with van der Waals surface area (Å²) >= 11 is 0. The van der Waals surface area contributed by atoms with Crippen LogP contribution >= 0.6 is 0 Å². The number of benzene rings is 6. The van der Waals surface area contributed by atoms with Gasteiger partial charge in [-0.3, -0.25) is 18.7 Å². The van der Waals surface area contributed by atoms with E-state index >= 15 is 0 Å². The Morgan fingerprint density at radius 3 is 1.99 bits per heavy atom. The number of phenolic OH excluding ortho intramolecular Hbond substituents is 2. The number of nitrogens with one attached hydrogen (secondary N) is 2. The van der Waals surface area contributed by atoms with Gasteiger partial charge in [0.15, 0.2) is 5.75 Å². The molecule has 0 fully saturated rings. The molecule has 0 spiro atoms. The molecule has 69 heavy (non-hydrogen) atoms. The van der Waals surface area contributed by atoms with Gasteiger partial charge in [-0.1, -0.05) is 77.9 Å². The molecular formula is C49H56N4Na2O12S2. The van der Waals surface area contributed by atoms with Crippen molar-refractivity contribution in [3.63, 3.8) is 0 Å². The zero-order valence-electron chi connectivity index (χ0n) is 38.2. The molecule has 0 atom stereocenters. The van der Waals surface area contributed by atoms with Crippen molar-refractivity contribution in [2.75, 3.05) is 18.5 Å². The molecule has 358 valence electrons. The molecule has 6 aromatic rings. The molecule has 0 bridgehead atoms. The summed E-state index contributed by atoms with van der Waals surface area (Å²) < 4.78 is 81.0. The second-order valence-electron chi connectivity index (χ2n) is 17.4. The van der Waals surface area contributed by atoms with Gasteiger partial charge in [0.05, 0.1) is 28.4 Å². The van der Waals surface area contributed by atoms with Crippen molar-refractivity contribution in [2.45, 2.75) is 94.8 Å². The van der Waals surface area contributed by atoms with Crippen LogP contribution in [0, 0.1) is 0 Å². The van der Waals surface area contributed by atoms with Crippen LogP contribution in [0.2, 0.25) is 0 Å². The van der Waals surface area contributed by atoms with Crippen LogP contribution in [-0.2, 0) is 35.9 Å². The maximum atomic E-state index is 13.5. The molecule has 6 aromatic carbocycles. The van der Waals surface area contributed by atoms with Crippen LogP contribution in [0.4, 0.5) is 17.1 Å². The number of rotatable bonds is 18. The quantitative estimate of drug-likeness (QED) is 0.0204. The van der Waals surface area contributed by atoms with Crippen LogP contribution in [0.15, 0.2) is 111 Å². The van der Waals surface area contributed by atoms with E-state index in [0.717, 1.165) is 43.7 Å². The van der Waals surface area contributed by atoms with E-state index in [1.165, 1.54) is 41.5 Å². The van der Waals surface area contributed by atoms with Gasteiger partial charge in [0.1, 0.15) is 33.6 Å². The predicted molar refractivity (Wildman–Crippen MR) is 270 cm³/mol. The van der Waals surface area contributed by atoms with Crippen LogP contribution in [-0.4, -0.2) is 120 Å². The number of unbranched alkanes of at least 4 members (excludes halogenated alkanes) is 1. The summed E-state index contributed by atoms with van der Waals surface area (Å²) in [5.41, 5.74) is 1.49. The predicted octanol–water partition coefficient (Wildman–Crippen LogP) is 9.73. The SMILES string of the molecule is CCC(C)(C)c1ccc(OCCCCNC(=O)c2cc(Oc3ccc(/N=N/c4c(S(=O)(=O)O)cc5cc(S(=O)(=O)O)cc(NC(C)=O)c5c4O)cc3)c3ccccc3c2O)c(C(C)(C)CC)c1.[NaH].[NaH]. The van der Waals surface area contributed by atoms with E-state index in [9.17, 15) is 45.7 Å². The molecule has 0 aliphatic heterocycles. The average molecular weight is 1000 g/mol. The number of azo groups is 1. The molecule has 16 nitrogen and oxygen atoms in total. The Balaban J connectivity index is 0.00000518. The number of carbonyl (C=O) groups excluding carboxylic acids is 2. The molecule has 0 aliphatic rings. The number of aromatic hydroxyl groups is 2. The molecule has 0 aliphatic carbocycles. The second-order valence-corrected chi connectivity index (χ2v) is 20.2. The number of ether oxygens (including phenoxy) is 2. The van der Waals surface area contributed by atoms with Gasteiger partial charge in [-0.2, -0.15) is 21.9 Å². The van der Waals surface area contributed by atoms with Crippen molar-refractivity contribution in [3.8, 4) is 28.7 Å². The number of phenols is 2. The van der Waals surface area contributed by atoms with E-state index in [0.29, 0.717) is 36.8 Å². The van der Waals surface area contributed by atoms with Crippen LogP contribution in [0.5, 0.6) is 28.7 Å². The Bertz CT molecular complexity index is 3150. The number of anilines is 1. The number of carbonyl (C=O) groups is 2. The fraction of sp³-hybridized carbons (Fsp3) is 0.306. The number of nitrogens with zero attached hydrogens (tertiary/aromatic N) is 2. The van der Waals surface area contributed by atoms with Crippen LogP contribution in [0.1, 0.15) is 95.6 Å². The topological polar surface area (TPSA) is 251 Å². The summed E-state index contributed by atoms with van der Waals surface area (Å²) in [7, 11) is -9.99. The summed E-state index contributed by atoms with van der Waals surface area (Å²) in [6.45, 7) is 15.2. The van der Waals surface area contributed by atoms with E-state index < -0.39 is 53.3 Å². The van der Waals surface area contributed by atoms with Crippen molar-refractivity contribution in [3.05, 3.63) is 108 Å².